The predicted molar refractivity (Wildman–Crippen MR) is 130 cm³/mol. The molecule has 30 heavy (non-hydrogen) atoms. The quantitative estimate of drug-likeness (QED) is 0.354. The van der Waals surface area contributed by atoms with Crippen molar-refractivity contribution in [3.05, 3.63) is 70.7 Å². The third-order valence-corrected chi connectivity index (χ3v) is 6.46. The fourth-order valence-corrected chi connectivity index (χ4v) is 4.27. The molecule has 0 aliphatic heterocycles. The van der Waals surface area contributed by atoms with Gasteiger partial charge in [-0.1, -0.05) is 71.7 Å². The molecule has 164 valence electrons. The van der Waals surface area contributed by atoms with Gasteiger partial charge in [0.1, 0.15) is 5.82 Å². The topological polar surface area (TPSA) is 4.93 Å². The van der Waals surface area contributed by atoms with Gasteiger partial charge in [-0.05, 0) is 73.4 Å². The van der Waals surface area contributed by atoms with Gasteiger partial charge in [-0.25, -0.2) is 4.39 Å². The van der Waals surface area contributed by atoms with Crippen LogP contribution in [0.5, 0.6) is 0 Å². The van der Waals surface area contributed by atoms with Gasteiger partial charge >= 0.3 is 0 Å². The summed E-state index contributed by atoms with van der Waals surface area (Å²) in [4.78, 5) is 0. The van der Waals surface area contributed by atoms with Crippen molar-refractivity contribution < 1.29 is 4.39 Å². The molecule has 0 N–H and O–H groups in total. The molecule has 3 rings (SSSR count). The van der Waals surface area contributed by atoms with Gasteiger partial charge < -0.3 is 4.57 Å². The number of nitrogens with zero attached hydrogens (tertiary/aromatic N) is 1. The van der Waals surface area contributed by atoms with Crippen LogP contribution in [0.4, 0.5) is 4.39 Å². The lowest BCUT2D eigenvalue weighted by Gasteiger charge is -2.21. The van der Waals surface area contributed by atoms with Crippen LogP contribution in [-0.4, -0.2) is 4.57 Å². The van der Waals surface area contributed by atoms with E-state index < -0.39 is 0 Å². The van der Waals surface area contributed by atoms with Crippen LogP contribution in [0.3, 0.4) is 0 Å². The first-order valence-corrected chi connectivity index (χ1v) is 11.8. The van der Waals surface area contributed by atoms with Crippen molar-refractivity contribution in [2.75, 3.05) is 0 Å². The van der Waals surface area contributed by atoms with Crippen LogP contribution in [-0.2, 0) is 25.8 Å². The highest BCUT2D eigenvalue weighted by Crippen LogP contribution is 2.31. The lowest BCUT2D eigenvalue weighted by Crippen LogP contribution is -2.15. The zero-order chi connectivity index (χ0) is 22.3. The van der Waals surface area contributed by atoms with Crippen molar-refractivity contribution >= 4 is 10.9 Å². The first-order valence-electron chi connectivity index (χ1n) is 11.8. The standard InChI is InChI=1S/C26H34FN.C2H6/c1-6-19(4)20(5)17-26-23(7-2)24-16-18(3)8-13-25(24)28(26)15-14-21-9-11-22(27)12-10-21;1-2/h8-13,16,19-20H,6-7,14-15,17H2,1-5H3;1-2H3. The summed E-state index contributed by atoms with van der Waals surface area (Å²) in [5.74, 6) is 1.21. The Balaban J connectivity index is 0.00000155. The van der Waals surface area contributed by atoms with Crippen LogP contribution in [0.2, 0.25) is 0 Å². The van der Waals surface area contributed by atoms with Gasteiger partial charge in [-0.2, -0.15) is 0 Å². The molecule has 3 aromatic rings. The lowest BCUT2D eigenvalue weighted by molar-refractivity contribution is 0.367. The Kier molecular flexibility index (Phi) is 9.14. The van der Waals surface area contributed by atoms with Crippen molar-refractivity contribution in [1.82, 2.24) is 4.57 Å². The summed E-state index contributed by atoms with van der Waals surface area (Å²) in [5.41, 5.74) is 6.86. The smallest absolute Gasteiger partial charge is 0.123 e. The van der Waals surface area contributed by atoms with Gasteiger partial charge in [0.05, 0.1) is 0 Å². The maximum atomic E-state index is 13.3. The van der Waals surface area contributed by atoms with Crippen molar-refractivity contribution in [3.63, 3.8) is 0 Å². The summed E-state index contributed by atoms with van der Waals surface area (Å²) in [6, 6.07) is 13.8. The van der Waals surface area contributed by atoms with Gasteiger partial charge in [0.2, 0.25) is 0 Å². The molecule has 1 aromatic heterocycles. The van der Waals surface area contributed by atoms with E-state index in [-0.39, 0.29) is 5.82 Å². The first-order chi connectivity index (χ1) is 14.4. The normalized spacial score (nSPS) is 13.1. The predicted octanol–water partition coefficient (Wildman–Crippen LogP) is 8.14. The Morgan fingerprint density at radius 1 is 0.933 bits per heavy atom. The molecular weight excluding hydrogens is 369 g/mol. The average molecular weight is 410 g/mol. The fraction of sp³-hybridized carbons (Fsp3) is 0.500. The highest BCUT2D eigenvalue weighted by Gasteiger charge is 2.20. The van der Waals surface area contributed by atoms with Gasteiger partial charge in [-0.15, -0.1) is 0 Å². The van der Waals surface area contributed by atoms with E-state index in [1.165, 1.54) is 39.7 Å². The summed E-state index contributed by atoms with van der Waals surface area (Å²) < 4.78 is 15.8. The minimum Gasteiger partial charge on any atom is -0.344 e. The van der Waals surface area contributed by atoms with Gasteiger partial charge in [0.15, 0.2) is 0 Å². The average Bonchev–Trinajstić information content (AvgIpc) is 3.05. The monoisotopic (exact) mass is 409 g/mol. The van der Waals surface area contributed by atoms with Crippen LogP contribution >= 0.6 is 0 Å². The molecular formula is C28H40FN. The van der Waals surface area contributed by atoms with Gasteiger partial charge in [0.25, 0.3) is 0 Å². The summed E-state index contributed by atoms with van der Waals surface area (Å²) in [5, 5.41) is 1.41. The third-order valence-electron chi connectivity index (χ3n) is 6.46. The number of aromatic nitrogens is 1. The Bertz CT molecular complexity index is 920. The third kappa shape index (κ3) is 5.53. The van der Waals surface area contributed by atoms with Crippen molar-refractivity contribution in [2.45, 2.75) is 80.7 Å². The number of hydrogen-bond acceptors (Lipinski definition) is 0. The second-order valence-electron chi connectivity index (χ2n) is 8.39. The molecule has 2 heteroatoms. The minimum atomic E-state index is -0.165. The van der Waals surface area contributed by atoms with E-state index in [0.29, 0.717) is 5.92 Å². The zero-order valence-electron chi connectivity index (χ0n) is 20.1. The molecule has 0 saturated heterocycles. The van der Waals surface area contributed by atoms with Crippen LogP contribution < -0.4 is 0 Å². The molecule has 0 spiro atoms. The molecule has 0 amide bonds. The largest absolute Gasteiger partial charge is 0.344 e. The van der Waals surface area contributed by atoms with E-state index in [4.69, 9.17) is 0 Å². The molecule has 2 unspecified atom stereocenters. The van der Waals surface area contributed by atoms with Crippen LogP contribution in [0.1, 0.15) is 70.3 Å². The Morgan fingerprint density at radius 2 is 1.60 bits per heavy atom. The first kappa shape index (κ1) is 24.2. The van der Waals surface area contributed by atoms with Crippen LogP contribution in [0.15, 0.2) is 42.5 Å². The molecule has 0 fully saturated rings. The van der Waals surface area contributed by atoms with E-state index in [9.17, 15) is 4.39 Å². The number of rotatable bonds is 8. The van der Waals surface area contributed by atoms with E-state index in [1.54, 1.807) is 12.1 Å². The second kappa shape index (κ2) is 11.3. The number of benzene rings is 2. The molecule has 0 saturated carbocycles. The van der Waals surface area contributed by atoms with Crippen molar-refractivity contribution in [1.29, 1.82) is 0 Å². The summed E-state index contributed by atoms with van der Waals surface area (Å²) in [6.07, 6.45) is 4.32. The molecule has 1 heterocycles. The Hall–Kier alpha value is -2.09. The molecule has 0 aliphatic carbocycles. The number of aryl methyl sites for hydroxylation is 4. The molecule has 2 atom stereocenters. The van der Waals surface area contributed by atoms with Crippen molar-refractivity contribution in [2.24, 2.45) is 11.8 Å². The number of hydrogen-bond donors (Lipinski definition) is 0. The van der Waals surface area contributed by atoms with E-state index in [1.807, 2.05) is 26.0 Å². The highest BCUT2D eigenvalue weighted by molar-refractivity contribution is 5.86. The van der Waals surface area contributed by atoms with Crippen molar-refractivity contribution in [3.8, 4) is 0 Å². The summed E-state index contributed by atoms with van der Waals surface area (Å²) in [7, 11) is 0. The maximum absolute atomic E-state index is 13.3. The Labute approximate surface area is 183 Å². The maximum Gasteiger partial charge on any atom is 0.123 e. The van der Waals surface area contributed by atoms with E-state index in [2.05, 4.69) is 57.4 Å². The minimum absolute atomic E-state index is 0.165. The van der Waals surface area contributed by atoms with Gasteiger partial charge in [0, 0.05) is 23.1 Å². The Morgan fingerprint density at radius 3 is 2.20 bits per heavy atom. The lowest BCUT2D eigenvalue weighted by atomic mass is 9.88. The number of fused-ring (bicyclic) bond motifs is 1. The SMILES string of the molecule is CC.CCc1c(CC(C)C(C)CC)n(CCc2ccc(F)cc2)c2ccc(C)cc12. The molecule has 0 aliphatic rings. The molecule has 0 radical (unpaired) electrons. The second-order valence-corrected chi connectivity index (χ2v) is 8.39. The molecule has 0 bridgehead atoms. The van der Waals surface area contributed by atoms with Crippen LogP contribution in [0, 0.1) is 24.6 Å². The van der Waals surface area contributed by atoms with Crippen LogP contribution in [0.25, 0.3) is 10.9 Å². The summed E-state index contributed by atoms with van der Waals surface area (Å²) >= 11 is 0. The van der Waals surface area contributed by atoms with Gasteiger partial charge in [-0.3, -0.25) is 0 Å². The summed E-state index contributed by atoms with van der Waals surface area (Å²) in [6.45, 7) is 16.4. The fourth-order valence-electron chi connectivity index (χ4n) is 4.27. The molecule has 2 aromatic carbocycles. The number of halogens is 1. The van der Waals surface area contributed by atoms with E-state index >= 15 is 0 Å². The highest BCUT2D eigenvalue weighted by atomic mass is 19.1. The van der Waals surface area contributed by atoms with E-state index in [0.717, 1.165) is 31.7 Å². The zero-order valence-corrected chi connectivity index (χ0v) is 20.1. The molecule has 1 nitrogen and oxygen atoms in total.